The van der Waals surface area contributed by atoms with Gasteiger partial charge in [-0.25, -0.2) is 6.57 Å². The minimum absolute atomic E-state index is 0.0727. The van der Waals surface area contributed by atoms with Gasteiger partial charge in [-0.3, -0.25) is 15.0 Å². The van der Waals surface area contributed by atoms with Gasteiger partial charge in [-0.05, 0) is 26.0 Å². The van der Waals surface area contributed by atoms with E-state index >= 15 is 0 Å². The lowest BCUT2D eigenvalue weighted by Crippen LogP contribution is -1.98. The summed E-state index contributed by atoms with van der Waals surface area (Å²) in [5.74, 6) is 0.492. The summed E-state index contributed by atoms with van der Waals surface area (Å²) in [5, 5.41) is 10.7. The van der Waals surface area contributed by atoms with Crippen LogP contribution in [0.2, 0.25) is 0 Å². The van der Waals surface area contributed by atoms with Crippen molar-refractivity contribution in [3.8, 4) is 5.75 Å². The van der Waals surface area contributed by atoms with E-state index in [2.05, 4.69) is 4.85 Å². The van der Waals surface area contributed by atoms with Gasteiger partial charge in [0, 0.05) is 11.1 Å². The van der Waals surface area contributed by atoms with Crippen LogP contribution >= 0.6 is 0 Å². The van der Waals surface area contributed by atoms with Crippen LogP contribution in [0.15, 0.2) is 12.1 Å². The standard InChI is InChI=1S/C10H10N2O3/c1-7-4-9(15-6-11-3)5-8(2)10(7)12(13)14/h4-5H,6H2,1-2H3. The molecule has 0 atom stereocenters. The first-order valence-corrected chi connectivity index (χ1v) is 4.28. The lowest BCUT2D eigenvalue weighted by molar-refractivity contribution is -0.386. The molecule has 0 saturated carbocycles. The van der Waals surface area contributed by atoms with Crippen molar-refractivity contribution in [3.05, 3.63) is 44.8 Å². The number of rotatable bonds is 3. The lowest BCUT2D eigenvalue weighted by atomic mass is 10.1. The molecule has 0 aliphatic heterocycles. The van der Waals surface area contributed by atoms with Crippen molar-refractivity contribution in [2.24, 2.45) is 0 Å². The summed E-state index contributed by atoms with van der Waals surface area (Å²) < 4.78 is 5.07. The van der Waals surface area contributed by atoms with Crippen molar-refractivity contribution in [1.82, 2.24) is 0 Å². The molecule has 5 heteroatoms. The van der Waals surface area contributed by atoms with Crippen molar-refractivity contribution in [2.75, 3.05) is 6.73 Å². The molecule has 0 aliphatic carbocycles. The van der Waals surface area contributed by atoms with E-state index in [0.717, 1.165) is 0 Å². The Bertz CT molecular complexity index is 412. The Kier molecular flexibility index (Phi) is 3.24. The molecule has 15 heavy (non-hydrogen) atoms. The highest BCUT2D eigenvalue weighted by atomic mass is 16.6. The number of aryl methyl sites for hydroxylation is 2. The van der Waals surface area contributed by atoms with Crippen molar-refractivity contribution < 1.29 is 9.66 Å². The van der Waals surface area contributed by atoms with Crippen molar-refractivity contribution in [1.29, 1.82) is 0 Å². The quantitative estimate of drug-likeness (QED) is 0.433. The number of nitrogens with zero attached hydrogens (tertiary/aromatic N) is 2. The van der Waals surface area contributed by atoms with Gasteiger partial charge >= 0.3 is 6.73 Å². The molecule has 0 radical (unpaired) electrons. The second-order valence-corrected chi connectivity index (χ2v) is 3.09. The van der Waals surface area contributed by atoms with Gasteiger partial charge in [0.15, 0.2) is 0 Å². The van der Waals surface area contributed by atoms with Crippen LogP contribution in [0.25, 0.3) is 4.85 Å². The highest BCUT2D eigenvalue weighted by Gasteiger charge is 2.15. The van der Waals surface area contributed by atoms with Crippen molar-refractivity contribution in [3.63, 3.8) is 0 Å². The molecular formula is C10H10N2O3. The Morgan fingerprint density at radius 2 is 2.00 bits per heavy atom. The van der Waals surface area contributed by atoms with Crippen LogP contribution in [-0.4, -0.2) is 11.7 Å². The Morgan fingerprint density at radius 1 is 1.47 bits per heavy atom. The summed E-state index contributed by atoms with van der Waals surface area (Å²) in [4.78, 5) is 13.3. The van der Waals surface area contributed by atoms with Gasteiger partial charge in [0.25, 0.3) is 5.69 Å². The van der Waals surface area contributed by atoms with Gasteiger partial charge in [0.05, 0.1) is 4.92 Å². The van der Waals surface area contributed by atoms with Gasteiger partial charge in [-0.1, -0.05) is 0 Å². The van der Waals surface area contributed by atoms with E-state index in [-0.39, 0.29) is 12.4 Å². The largest absolute Gasteiger partial charge is 0.426 e. The van der Waals surface area contributed by atoms with Crippen LogP contribution in [0.3, 0.4) is 0 Å². The first kappa shape index (κ1) is 11.0. The Balaban J connectivity index is 3.09. The number of nitro groups is 1. The minimum Gasteiger partial charge on any atom is -0.426 e. The fourth-order valence-electron chi connectivity index (χ4n) is 1.39. The third-order valence-electron chi connectivity index (χ3n) is 1.94. The second-order valence-electron chi connectivity index (χ2n) is 3.09. The molecule has 1 rings (SSSR count). The lowest BCUT2D eigenvalue weighted by Gasteiger charge is -2.04. The van der Waals surface area contributed by atoms with E-state index < -0.39 is 4.92 Å². The Labute approximate surface area is 87.3 Å². The predicted octanol–water partition coefficient (Wildman–Crippen LogP) is 2.47. The summed E-state index contributed by atoms with van der Waals surface area (Å²) >= 11 is 0. The van der Waals surface area contributed by atoms with Crippen LogP contribution in [0, 0.1) is 30.5 Å². The van der Waals surface area contributed by atoms with Crippen LogP contribution in [-0.2, 0) is 0 Å². The fraction of sp³-hybridized carbons (Fsp3) is 0.300. The molecule has 0 bridgehead atoms. The average Bonchev–Trinajstić information content (AvgIpc) is 2.12. The van der Waals surface area contributed by atoms with Gasteiger partial charge in [-0.2, -0.15) is 0 Å². The molecule has 0 fully saturated rings. The van der Waals surface area contributed by atoms with Crippen molar-refractivity contribution in [2.45, 2.75) is 13.8 Å². The highest BCUT2D eigenvalue weighted by molar-refractivity contribution is 5.50. The summed E-state index contributed by atoms with van der Waals surface area (Å²) in [6, 6.07) is 3.13. The smallest absolute Gasteiger partial charge is 0.357 e. The first-order chi connectivity index (χ1) is 7.06. The monoisotopic (exact) mass is 206 g/mol. The van der Waals surface area contributed by atoms with Gasteiger partial charge < -0.3 is 4.74 Å². The van der Waals surface area contributed by atoms with E-state index in [0.29, 0.717) is 16.9 Å². The molecule has 0 amide bonds. The molecule has 0 saturated heterocycles. The number of nitro benzene ring substituents is 1. The molecule has 0 aromatic heterocycles. The molecule has 78 valence electrons. The van der Waals surface area contributed by atoms with Gasteiger partial charge in [0.1, 0.15) is 5.75 Å². The molecule has 1 aromatic carbocycles. The van der Waals surface area contributed by atoms with E-state index in [9.17, 15) is 10.1 Å². The van der Waals surface area contributed by atoms with E-state index in [1.807, 2.05) is 0 Å². The van der Waals surface area contributed by atoms with Gasteiger partial charge in [-0.15, -0.1) is 0 Å². The third kappa shape index (κ3) is 2.44. The molecule has 0 aliphatic rings. The number of ether oxygens (including phenoxy) is 1. The average molecular weight is 206 g/mol. The molecular weight excluding hydrogens is 196 g/mol. The zero-order valence-corrected chi connectivity index (χ0v) is 8.48. The van der Waals surface area contributed by atoms with Crippen molar-refractivity contribution >= 4 is 5.69 Å². The second kappa shape index (κ2) is 4.42. The summed E-state index contributed by atoms with van der Waals surface area (Å²) in [6.45, 7) is 9.79. The van der Waals surface area contributed by atoms with Crippen LogP contribution in [0.1, 0.15) is 11.1 Å². The maximum absolute atomic E-state index is 10.7. The zero-order valence-electron chi connectivity index (χ0n) is 8.48. The Hall–Kier alpha value is -2.09. The maximum atomic E-state index is 10.7. The Morgan fingerprint density at radius 3 is 2.40 bits per heavy atom. The molecule has 0 heterocycles. The van der Waals surface area contributed by atoms with Crippen LogP contribution in [0.4, 0.5) is 5.69 Å². The highest BCUT2D eigenvalue weighted by Crippen LogP contribution is 2.27. The SMILES string of the molecule is [C-]#[N+]COc1cc(C)c([N+](=O)[O-])c(C)c1. The minimum atomic E-state index is -0.413. The molecule has 0 N–H and O–H groups in total. The van der Waals surface area contributed by atoms with E-state index in [1.54, 1.807) is 26.0 Å². The van der Waals surface area contributed by atoms with Crippen LogP contribution < -0.4 is 4.74 Å². The zero-order chi connectivity index (χ0) is 11.4. The topological polar surface area (TPSA) is 56.7 Å². The number of hydrogen-bond acceptors (Lipinski definition) is 3. The molecule has 0 spiro atoms. The fourth-order valence-corrected chi connectivity index (χ4v) is 1.39. The van der Waals surface area contributed by atoms with Gasteiger partial charge in [0.2, 0.25) is 0 Å². The number of benzene rings is 1. The van der Waals surface area contributed by atoms with E-state index in [1.165, 1.54) is 0 Å². The molecule has 5 nitrogen and oxygen atoms in total. The number of hydrogen-bond donors (Lipinski definition) is 0. The first-order valence-electron chi connectivity index (χ1n) is 4.28. The molecule has 0 unspecified atom stereocenters. The molecule has 1 aromatic rings. The summed E-state index contributed by atoms with van der Waals surface area (Å²) in [5.41, 5.74) is 1.19. The third-order valence-corrected chi connectivity index (χ3v) is 1.94. The normalized spacial score (nSPS) is 9.40. The van der Waals surface area contributed by atoms with Crippen LogP contribution in [0.5, 0.6) is 5.75 Å². The summed E-state index contributed by atoms with van der Waals surface area (Å²) in [7, 11) is 0. The predicted molar refractivity (Wildman–Crippen MR) is 54.7 cm³/mol. The maximum Gasteiger partial charge on any atom is 0.357 e. The van der Waals surface area contributed by atoms with E-state index in [4.69, 9.17) is 11.3 Å². The summed E-state index contributed by atoms with van der Waals surface area (Å²) in [6.07, 6.45) is 0.